The van der Waals surface area contributed by atoms with Gasteiger partial charge in [0.1, 0.15) is 5.75 Å². The summed E-state index contributed by atoms with van der Waals surface area (Å²) in [5.41, 5.74) is 2.19. The van der Waals surface area contributed by atoms with Crippen LogP contribution in [0.15, 0.2) is 67.3 Å². The molecule has 0 aliphatic heterocycles. The maximum Gasteiger partial charge on any atom is 0.120 e. The molecule has 2 aromatic rings. The van der Waals surface area contributed by atoms with E-state index in [4.69, 9.17) is 0 Å². The number of hydrogen-bond acceptors (Lipinski definition) is 2. The number of benzene rings is 2. The van der Waals surface area contributed by atoms with E-state index in [-0.39, 0.29) is 12.1 Å². The first-order valence-corrected chi connectivity index (χ1v) is 7.42. The number of rotatable bonds is 7. The Hall–Kier alpha value is -2.06. The van der Waals surface area contributed by atoms with Crippen LogP contribution in [0.2, 0.25) is 0 Å². The Morgan fingerprint density at radius 1 is 1.10 bits per heavy atom. The van der Waals surface area contributed by atoms with Crippen LogP contribution in [0.1, 0.15) is 43.0 Å². The second-order valence-electron chi connectivity index (χ2n) is 5.28. The van der Waals surface area contributed by atoms with Gasteiger partial charge in [-0.05, 0) is 31.4 Å². The first-order valence-electron chi connectivity index (χ1n) is 7.42. The molecule has 0 spiro atoms. The maximum absolute atomic E-state index is 10.1. The van der Waals surface area contributed by atoms with Crippen molar-refractivity contribution < 1.29 is 5.11 Å². The number of phenolic OH excluding ortho intramolecular Hbond substituents is 1. The zero-order valence-corrected chi connectivity index (χ0v) is 12.5. The Morgan fingerprint density at radius 3 is 2.43 bits per heavy atom. The molecule has 2 atom stereocenters. The number of allylic oxidation sites excluding steroid dienone is 1. The molecule has 0 saturated heterocycles. The second-order valence-corrected chi connectivity index (χ2v) is 5.28. The molecule has 0 radical (unpaired) electrons. The minimum Gasteiger partial charge on any atom is -0.508 e. The molecule has 110 valence electrons. The molecule has 2 nitrogen and oxygen atoms in total. The number of hydrogen-bond donors (Lipinski definition) is 2. The van der Waals surface area contributed by atoms with Gasteiger partial charge in [-0.3, -0.25) is 0 Å². The highest BCUT2D eigenvalue weighted by Gasteiger charge is 2.17. The van der Waals surface area contributed by atoms with Gasteiger partial charge in [-0.2, -0.15) is 0 Å². The Labute approximate surface area is 127 Å². The fraction of sp³-hybridized carbons (Fsp3) is 0.263. The molecule has 0 heterocycles. The van der Waals surface area contributed by atoms with E-state index in [0.717, 1.165) is 18.4 Å². The van der Waals surface area contributed by atoms with Crippen LogP contribution in [-0.2, 0) is 0 Å². The molecule has 0 fully saturated rings. The highest BCUT2D eigenvalue weighted by Crippen LogP contribution is 2.29. The number of phenols is 1. The monoisotopic (exact) mass is 281 g/mol. The van der Waals surface area contributed by atoms with Crippen LogP contribution in [0.3, 0.4) is 0 Å². The van der Waals surface area contributed by atoms with E-state index in [0.29, 0.717) is 5.75 Å². The predicted octanol–water partition coefficient (Wildman–Crippen LogP) is 4.75. The lowest BCUT2D eigenvalue weighted by atomic mass is 9.98. The van der Waals surface area contributed by atoms with Crippen molar-refractivity contribution in [2.75, 3.05) is 0 Å². The third kappa shape index (κ3) is 4.20. The van der Waals surface area contributed by atoms with Crippen molar-refractivity contribution in [3.05, 3.63) is 78.4 Å². The van der Waals surface area contributed by atoms with Crippen LogP contribution >= 0.6 is 0 Å². The van der Waals surface area contributed by atoms with Gasteiger partial charge in [0.05, 0.1) is 0 Å². The molecule has 0 aliphatic rings. The fourth-order valence-corrected chi connectivity index (χ4v) is 2.54. The molecule has 21 heavy (non-hydrogen) atoms. The highest BCUT2D eigenvalue weighted by molar-refractivity contribution is 5.35. The van der Waals surface area contributed by atoms with E-state index in [9.17, 15) is 5.11 Å². The maximum atomic E-state index is 10.1. The summed E-state index contributed by atoms with van der Waals surface area (Å²) in [5.74, 6) is 0.347. The largest absolute Gasteiger partial charge is 0.508 e. The van der Waals surface area contributed by atoms with Gasteiger partial charge in [0, 0.05) is 17.6 Å². The third-order valence-corrected chi connectivity index (χ3v) is 3.72. The Bertz CT molecular complexity index is 565. The third-order valence-electron chi connectivity index (χ3n) is 3.72. The highest BCUT2D eigenvalue weighted by atomic mass is 16.3. The molecular formula is C19H23NO. The summed E-state index contributed by atoms with van der Waals surface area (Å²) in [5, 5.41) is 13.7. The first-order chi connectivity index (χ1) is 10.2. The van der Waals surface area contributed by atoms with Crippen LogP contribution in [0.5, 0.6) is 5.75 Å². The molecule has 2 aromatic carbocycles. The minimum atomic E-state index is 0.111. The van der Waals surface area contributed by atoms with Crippen molar-refractivity contribution in [3.63, 3.8) is 0 Å². The number of nitrogens with one attached hydrogen (secondary N) is 1. The summed E-state index contributed by atoms with van der Waals surface area (Å²) in [6.07, 6.45) is 3.74. The average Bonchev–Trinajstić information content (AvgIpc) is 2.53. The molecule has 0 unspecified atom stereocenters. The number of aromatic hydroxyl groups is 1. The second kappa shape index (κ2) is 7.65. The van der Waals surface area contributed by atoms with Crippen molar-refractivity contribution in [3.8, 4) is 5.75 Å². The summed E-state index contributed by atoms with van der Waals surface area (Å²) in [7, 11) is 0. The van der Waals surface area contributed by atoms with Crippen molar-refractivity contribution in [1.29, 1.82) is 0 Å². The quantitative estimate of drug-likeness (QED) is 0.718. The van der Waals surface area contributed by atoms with Crippen molar-refractivity contribution in [1.82, 2.24) is 5.32 Å². The van der Waals surface area contributed by atoms with E-state index in [1.807, 2.05) is 42.5 Å². The Kier molecular flexibility index (Phi) is 5.59. The summed E-state index contributed by atoms with van der Waals surface area (Å²) >= 11 is 0. The van der Waals surface area contributed by atoms with E-state index < -0.39 is 0 Å². The Balaban J connectivity index is 2.17. The lowest BCUT2D eigenvalue weighted by Crippen LogP contribution is -2.24. The van der Waals surface area contributed by atoms with Gasteiger partial charge in [0.25, 0.3) is 0 Å². The molecule has 0 aromatic heterocycles. The van der Waals surface area contributed by atoms with Gasteiger partial charge in [-0.25, -0.2) is 0 Å². The first kappa shape index (κ1) is 15.3. The summed E-state index contributed by atoms with van der Waals surface area (Å²) in [6.45, 7) is 5.94. The molecular weight excluding hydrogens is 258 g/mol. The predicted molar refractivity (Wildman–Crippen MR) is 88.3 cm³/mol. The molecule has 2 N–H and O–H groups in total. The molecule has 0 saturated carbocycles. The zero-order valence-electron chi connectivity index (χ0n) is 12.5. The van der Waals surface area contributed by atoms with Crippen molar-refractivity contribution in [2.24, 2.45) is 0 Å². The fourth-order valence-electron chi connectivity index (χ4n) is 2.54. The summed E-state index contributed by atoms with van der Waals surface area (Å²) in [4.78, 5) is 0. The van der Waals surface area contributed by atoms with Crippen molar-refractivity contribution in [2.45, 2.75) is 31.8 Å². The SMILES string of the molecule is C=CCC[C@@H](N[C@H](C)c1ccccc1)c1ccccc1O. The van der Waals surface area contributed by atoms with Crippen LogP contribution < -0.4 is 5.32 Å². The average molecular weight is 281 g/mol. The number of para-hydroxylation sites is 1. The molecule has 0 aliphatic carbocycles. The minimum absolute atomic E-state index is 0.111. The van der Waals surface area contributed by atoms with E-state index >= 15 is 0 Å². The lowest BCUT2D eigenvalue weighted by Gasteiger charge is -2.24. The lowest BCUT2D eigenvalue weighted by molar-refractivity contribution is 0.413. The van der Waals surface area contributed by atoms with Gasteiger partial charge in [0.2, 0.25) is 0 Å². The van der Waals surface area contributed by atoms with Gasteiger partial charge >= 0.3 is 0 Å². The van der Waals surface area contributed by atoms with Crippen LogP contribution in [-0.4, -0.2) is 5.11 Å². The van der Waals surface area contributed by atoms with Crippen LogP contribution in [0.4, 0.5) is 0 Å². The summed E-state index contributed by atoms with van der Waals surface area (Å²) in [6, 6.07) is 18.2. The van der Waals surface area contributed by atoms with Gasteiger partial charge in [-0.15, -0.1) is 6.58 Å². The topological polar surface area (TPSA) is 32.3 Å². The molecule has 2 rings (SSSR count). The zero-order chi connectivity index (χ0) is 15.1. The molecule has 0 bridgehead atoms. The normalized spacial score (nSPS) is 13.6. The Morgan fingerprint density at radius 2 is 1.76 bits per heavy atom. The molecule has 2 heteroatoms. The smallest absolute Gasteiger partial charge is 0.120 e. The van der Waals surface area contributed by atoms with E-state index in [1.165, 1.54) is 5.56 Å². The van der Waals surface area contributed by atoms with Crippen molar-refractivity contribution >= 4 is 0 Å². The van der Waals surface area contributed by atoms with Crippen LogP contribution in [0.25, 0.3) is 0 Å². The van der Waals surface area contributed by atoms with Gasteiger partial charge in [-0.1, -0.05) is 54.6 Å². The van der Waals surface area contributed by atoms with Crippen LogP contribution in [0, 0.1) is 0 Å². The molecule has 0 amide bonds. The van der Waals surface area contributed by atoms with Gasteiger partial charge < -0.3 is 10.4 Å². The summed E-state index contributed by atoms with van der Waals surface area (Å²) < 4.78 is 0. The van der Waals surface area contributed by atoms with Gasteiger partial charge in [0.15, 0.2) is 0 Å². The van der Waals surface area contributed by atoms with E-state index in [2.05, 4.69) is 31.0 Å². The standard InChI is InChI=1S/C19H23NO/c1-3-4-13-18(17-12-8-9-14-19(17)21)20-15(2)16-10-6-5-7-11-16/h3,5-12,14-15,18,20-21H,1,4,13H2,2H3/t15-,18-/m1/s1. The van der Waals surface area contributed by atoms with E-state index in [1.54, 1.807) is 6.07 Å².